The van der Waals surface area contributed by atoms with Crippen LogP contribution in [0.25, 0.3) is 10.9 Å². The standard InChI is InChI=1S/C29H26Cl2N6O3/c1-3-39-27-15-24-22(14-25(27)37(31)28(38)8-6-11-33-2)29(19(16-32)17-35-24)36-20-9-10-26(23(30)13-20)40-18-21-7-4-5-12-34-21/h4-10,12-15,17,33H,3,11,18H2,1-2H3,(H,35,36)/b8-6+. The number of aromatic nitrogens is 2. The second kappa shape index (κ2) is 13.6. The number of likely N-dealkylation sites (N-methyl/N-ethyl adjacent to an activating group) is 1. The van der Waals surface area contributed by atoms with Gasteiger partial charge in [0.25, 0.3) is 5.91 Å². The summed E-state index contributed by atoms with van der Waals surface area (Å²) in [5.74, 6) is 0.411. The average molecular weight is 577 g/mol. The van der Waals surface area contributed by atoms with Crippen molar-refractivity contribution in [3.05, 3.63) is 89.4 Å². The third-order valence-corrected chi connectivity index (χ3v) is 6.30. The summed E-state index contributed by atoms with van der Waals surface area (Å²) in [5, 5.41) is 17.0. The van der Waals surface area contributed by atoms with Crippen LogP contribution in [-0.2, 0) is 11.4 Å². The number of halogens is 2. The quantitative estimate of drug-likeness (QED) is 0.162. The Bertz CT molecular complexity index is 1570. The monoisotopic (exact) mass is 576 g/mol. The van der Waals surface area contributed by atoms with Gasteiger partial charge >= 0.3 is 0 Å². The van der Waals surface area contributed by atoms with E-state index in [1.54, 1.807) is 49.7 Å². The van der Waals surface area contributed by atoms with Crippen molar-refractivity contribution in [2.45, 2.75) is 13.5 Å². The molecule has 0 saturated heterocycles. The lowest BCUT2D eigenvalue weighted by atomic mass is 10.1. The van der Waals surface area contributed by atoms with E-state index in [0.717, 1.165) is 10.1 Å². The molecule has 0 saturated carbocycles. The summed E-state index contributed by atoms with van der Waals surface area (Å²) in [6.45, 7) is 2.95. The molecule has 0 spiro atoms. The van der Waals surface area contributed by atoms with E-state index in [2.05, 4.69) is 26.7 Å². The molecule has 2 aromatic carbocycles. The first-order chi connectivity index (χ1) is 19.4. The lowest BCUT2D eigenvalue weighted by Crippen LogP contribution is -2.19. The summed E-state index contributed by atoms with van der Waals surface area (Å²) in [4.78, 5) is 21.4. The summed E-state index contributed by atoms with van der Waals surface area (Å²) >= 11 is 13.0. The molecule has 40 heavy (non-hydrogen) atoms. The summed E-state index contributed by atoms with van der Waals surface area (Å²) < 4.78 is 12.6. The third-order valence-electron chi connectivity index (χ3n) is 5.66. The predicted octanol–water partition coefficient (Wildman–Crippen LogP) is 6.14. The van der Waals surface area contributed by atoms with Gasteiger partial charge in [0, 0.05) is 53.9 Å². The van der Waals surface area contributed by atoms with Crippen molar-refractivity contribution in [3.63, 3.8) is 0 Å². The van der Waals surface area contributed by atoms with Gasteiger partial charge in [0.1, 0.15) is 29.9 Å². The number of nitrogens with one attached hydrogen (secondary N) is 2. The maximum absolute atomic E-state index is 12.7. The van der Waals surface area contributed by atoms with Crippen molar-refractivity contribution in [1.29, 1.82) is 5.26 Å². The smallest absolute Gasteiger partial charge is 0.265 e. The second-order valence-electron chi connectivity index (χ2n) is 8.39. The fourth-order valence-corrected chi connectivity index (χ4v) is 4.21. The Morgan fingerprint density at radius 3 is 2.70 bits per heavy atom. The molecule has 2 aromatic heterocycles. The first kappa shape index (κ1) is 28.6. The normalized spacial score (nSPS) is 10.9. The molecule has 4 aromatic rings. The molecule has 0 atom stereocenters. The highest BCUT2D eigenvalue weighted by molar-refractivity contribution is 6.39. The number of hydrogen-bond donors (Lipinski definition) is 2. The van der Waals surface area contributed by atoms with Crippen molar-refractivity contribution in [1.82, 2.24) is 15.3 Å². The average Bonchev–Trinajstić information content (AvgIpc) is 2.97. The van der Waals surface area contributed by atoms with Gasteiger partial charge in [-0.25, -0.2) is 4.42 Å². The van der Waals surface area contributed by atoms with E-state index in [9.17, 15) is 10.1 Å². The molecule has 2 heterocycles. The molecule has 0 fully saturated rings. The van der Waals surface area contributed by atoms with Crippen LogP contribution in [0.4, 0.5) is 17.1 Å². The molecule has 0 aliphatic rings. The molecule has 0 bridgehead atoms. The number of amides is 1. The number of pyridine rings is 2. The first-order valence-electron chi connectivity index (χ1n) is 12.3. The van der Waals surface area contributed by atoms with Gasteiger partial charge in [-0.05, 0) is 50.4 Å². The van der Waals surface area contributed by atoms with Crippen LogP contribution in [-0.4, -0.2) is 36.1 Å². The van der Waals surface area contributed by atoms with Gasteiger partial charge in [-0.15, -0.1) is 0 Å². The van der Waals surface area contributed by atoms with E-state index < -0.39 is 5.91 Å². The Hall–Kier alpha value is -4.36. The fraction of sp³-hybridized carbons (Fsp3) is 0.172. The van der Waals surface area contributed by atoms with Gasteiger partial charge in [0.05, 0.1) is 34.1 Å². The van der Waals surface area contributed by atoms with E-state index in [1.165, 1.54) is 12.3 Å². The van der Waals surface area contributed by atoms with Gasteiger partial charge in [-0.2, -0.15) is 5.26 Å². The molecule has 0 unspecified atom stereocenters. The lowest BCUT2D eigenvalue weighted by molar-refractivity contribution is -0.113. The van der Waals surface area contributed by atoms with Crippen LogP contribution in [0.3, 0.4) is 0 Å². The number of ether oxygens (including phenoxy) is 2. The van der Waals surface area contributed by atoms with Crippen molar-refractivity contribution in [2.75, 3.05) is 29.9 Å². The van der Waals surface area contributed by atoms with E-state index in [4.69, 9.17) is 32.9 Å². The van der Waals surface area contributed by atoms with Crippen LogP contribution >= 0.6 is 23.4 Å². The van der Waals surface area contributed by atoms with Crippen LogP contribution < -0.4 is 24.5 Å². The highest BCUT2D eigenvalue weighted by atomic mass is 35.5. The van der Waals surface area contributed by atoms with Crippen LogP contribution in [0.2, 0.25) is 5.02 Å². The molecule has 2 N–H and O–H groups in total. The number of hydrogen-bond acceptors (Lipinski definition) is 8. The number of anilines is 3. The molecule has 204 valence electrons. The molecule has 4 rings (SSSR count). The summed E-state index contributed by atoms with van der Waals surface area (Å²) in [6, 6.07) is 16.3. The zero-order valence-electron chi connectivity index (χ0n) is 21.8. The number of carbonyl (C=O) groups is 1. The third kappa shape index (κ3) is 6.79. The minimum atomic E-state index is -0.454. The van der Waals surface area contributed by atoms with Crippen molar-refractivity contribution in [2.24, 2.45) is 0 Å². The minimum Gasteiger partial charge on any atom is -0.492 e. The predicted molar refractivity (Wildman–Crippen MR) is 157 cm³/mol. The Morgan fingerprint density at radius 1 is 1.15 bits per heavy atom. The van der Waals surface area contributed by atoms with Crippen LogP contribution in [0.1, 0.15) is 18.2 Å². The maximum atomic E-state index is 12.7. The Labute approximate surface area is 242 Å². The van der Waals surface area contributed by atoms with Gasteiger partial charge in [0.2, 0.25) is 0 Å². The molecule has 9 nitrogen and oxygen atoms in total. The van der Waals surface area contributed by atoms with Crippen molar-refractivity contribution < 1.29 is 14.3 Å². The zero-order valence-corrected chi connectivity index (χ0v) is 23.3. The summed E-state index contributed by atoms with van der Waals surface area (Å²) in [7, 11) is 1.77. The highest BCUT2D eigenvalue weighted by Gasteiger charge is 2.20. The van der Waals surface area contributed by atoms with E-state index >= 15 is 0 Å². The number of nitrogens with zero attached hydrogens (tertiary/aromatic N) is 4. The molecule has 1 amide bonds. The second-order valence-corrected chi connectivity index (χ2v) is 9.13. The van der Waals surface area contributed by atoms with E-state index in [1.807, 2.05) is 25.1 Å². The van der Waals surface area contributed by atoms with Crippen LogP contribution in [0.15, 0.2) is 73.1 Å². The Kier molecular flexibility index (Phi) is 9.76. The van der Waals surface area contributed by atoms with Crippen molar-refractivity contribution in [3.8, 4) is 17.6 Å². The summed E-state index contributed by atoms with van der Waals surface area (Å²) in [5.41, 5.74) is 3.00. The van der Waals surface area contributed by atoms with Crippen LogP contribution in [0.5, 0.6) is 11.5 Å². The van der Waals surface area contributed by atoms with Crippen molar-refractivity contribution >= 4 is 57.2 Å². The molecule has 0 aliphatic carbocycles. The molecule has 0 radical (unpaired) electrons. The van der Waals surface area contributed by atoms with Gasteiger partial charge in [0.15, 0.2) is 0 Å². The summed E-state index contributed by atoms with van der Waals surface area (Å²) in [6.07, 6.45) is 6.19. The zero-order chi connectivity index (χ0) is 28.5. The van der Waals surface area contributed by atoms with Gasteiger partial charge in [-0.3, -0.25) is 14.8 Å². The minimum absolute atomic E-state index is 0.268. The first-order valence-corrected chi connectivity index (χ1v) is 13.1. The largest absolute Gasteiger partial charge is 0.492 e. The van der Waals surface area contributed by atoms with E-state index in [-0.39, 0.29) is 12.2 Å². The number of benzene rings is 2. The number of nitriles is 1. The lowest BCUT2D eigenvalue weighted by Gasteiger charge is -2.19. The Balaban J connectivity index is 1.69. The number of fused-ring (bicyclic) bond motifs is 1. The van der Waals surface area contributed by atoms with E-state index in [0.29, 0.717) is 57.6 Å². The highest BCUT2D eigenvalue weighted by Crippen LogP contribution is 2.39. The molecular weight excluding hydrogens is 551 g/mol. The SMILES string of the molecule is CCOc1cc2ncc(C#N)c(Nc3ccc(OCc4ccccn4)c(Cl)c3)c2cc1N(Cl)C(=O)/C=C/CNC. The van der Waals surface area contributed by atoms with Crippen LogP contribution in [0, 0.1) is 11.3 Å². The van der Waals surface area contributed by atoms with Gasteiger partial charge < -0.3 is 20.1 Å². The number of carbonyl (C=O) groups excluding carboxylic acids is 1. The molecular formula is C29H26Cl2N6O3. The fourth-order valence-electron chi connectivity index (χ4n) is 3.79. The topological polar surface area (TPSA) is 112 Å². The Morgan fingerprint density at radius 2 is 2.00 bits per heavy atom. The number of rotatable bonds is 11. The molecule has 0 aliphatic heterocycles. The van der Waals surface area contributed by atoms with Gasteiger partial charge in [-0.1, -0.05) is 23.7 Å². The maximum Gasteiger partial charge on any atom is 0.265 e. The molecule has 11 heteroatoms.